The average molecular weight is 164 g/mol. The summed E-state index contributed by atoms with van der Waals surface area (Å²) in [5, 5.41) is 0. The maximum absolute atomic E-state index is 11.3. The van der Waals surface area contributed by atoms with Gasteiger partial charge in [-0.3, -0.25) is 4.79 Å². The fourth-order valence-corrected chi connectivity index (χ4v) is 1.98. The minimum atomic E-state index is 0.220. The summed E-state index contributed by atoms with van der Waals surface area (Å²) in [7, 11) is 0. The molecule has 12 heavy (non-hydrogen) atoms. The van der Waals surface area contributed by atoms with Crippen molar-refractivity contribution in [2.24, 2.45) is 5.92 Å². The van der Waals surface area contributed by atoms with E-state index in [1.54, 1.807) is 6.92 Å². The molecule has 1 rings (SSSR count). The first kappa shape index (κ1) is 9.24. The SMILES string of the molecule is C=C(C)[C@@H]1CCC(C)=C1C(C)=O. The molecule has 0 saturated heterocycles. The van der Waals surface area contributed by atoms with E-state index >= 15 is 0 Å². The van der Waals surface area contributed by atoms with Crippen LogP contribution in [0.25, 0.3) is 0 Å². The lowest BCUT2D eigenvalue weighted by Gasteiger charge is -2.12. The third-order valence-corrected chi connectivity index (χ3v) is 2.59. The second kappa shape index (κ2) is 3.26. The van der Waals surface area contributed by atoms with Crippen LogP contribution in [0.3, 0.4) is 0 Å². The van der Waals surface area contributed by atoms with Gasteiger partial charge in [0.25, 0.3) is 0 Å². The van der Waals surface area contributed by atoms with E-state index in [1.807, 2.05) is 6.92 Å². The van der Waals surface area contributed by atoms with Crippen molar-refractivity contribution in [2.45, 2.75) is 33.6 Å². The van der Waals surface area contributed by atoms with Crippen LogP contribution < -0.4 is 0 Å². The largest absolute Gasteiger partial charge is 0.295 e. The van der Waals surface area contributed by atoms with E-state index < -0.39 is 0 Å². The van der Waals surface area contributed by atoms with Crippen molar-refractivity contribution in [3.8, 4) is 0 Å². The van der Waals surface area contributed by atoms with Gasteiger partial charge in [-0.2, -0.15) is 0 Å². The maximum atomic E-state index is 11.3. The third-order valence-electron chi connectivity index (χ3n) is 2.59. The molecule has 1 heteroatoms. The van der Waals surface area contributed by atoms with E-state index in [-0.39, 0.29) is 5.78 Å². The minimum absolute atomic E-state index is 0.220. The molecule has 0 aromatic rings. The summed E-state index contributed by atoms with van der Waals surface area (Å²) in [6, 6.07) is 0. The highest BCUT2D eigenvalue weighted by Gasteiger charge is 2.26. The molecule has 0 unspecified atom stereocenters. The molecule has 0 saturated carbocycles. The number of carbonyl (C=O) groups is 1. The summed E-state index contributed by atoms with van der Waals surface area (Å²) in [6.45, 7) is 9.63. The van der Waals surface area contributed by atoms with E-state index in [4.69, 9.17) is 0 Å². The van der Waals surface area contributed by atoms with E-state index in [9.17, 15) is 4.79 Å². The van der Waals surface area contributed by atoms with Gasteiger partial charge in [-0.15, -0.1) is 0 Å². The Morgan fingerprint density at radius 2 is 2.08 bits per heavy atom. The van der Waals surface area contributed by atoms with E-state index in [2.05, 4.69) is 13.5 Å². The van der Waals surface area contributed by atoms with Crippen molar-refractivity contribution in [3.05, 3.63) is 23.3 Å². The maximum Gasteiger partial charge on any atom is 0.156 e. The second-order valence-electron chi connectivity index (χ2n) is 3.69. The van der Waals surface area contributed by atoms with Crippen molar-refractivity contribution in [1.29, 1.82) is 0 Å². The van der Waals surface area contributed by atoms with Crippen molar-refractivity contribution >= 4 is 5.78 Å². The molecule has 0 fully saturated rings. The van der Waals surface area contributed by atoms with E-state index in [0.717, 1.165) is 24.0 Å². The summed E-state index contributed by atoms with van der Waals surface area (Å²) in [5.41, 5.74) is 3.40. The predicted octanol–water partition coefficient (Wildman–Crippen LogP) is 2.88. The molecule has 0 aromatic carbocycles. The van der Waals surface area contributed by atoms with Crippen LogP contribution in [0.2, 0.25) is 0 Å². The van der Waals surface area contributed by atoms with Crippen LogP contribution in [0.5, 0.6) is 0 Å². The minimum Gasteiger partial charge on any atom is -0.295 e. The Balaban J connectivity index is 2.97. The lowest BCUT2D eigenvalue weighted by atomic mass is 9.92. The number of ketones is 1. The van der Waals surface area contributed by atoms with Crippen LogP contribution in [0.4, 0.5) is 0 Å². The molecule has 0 radical (unpaired) electrons. The first-order valence-electron chi connectivity index (χ1n) is 4.40. The Bertz CT molecular complexity index is 258. The van der Waals surface area contributed by atoms with Gasteiger partial charge in [-0.05, 0) is 33.6 Å². The molecule has 0 heterocycles. The zero-order chi connectivity index (χ0) is 9.30. The second-order valence-corrected chi connectivity index (χ2v) is 3.69. The van der Waals surface area contributed by atoms with Gasteiger partial charge in [-0.1, -0.05) is 17.7 Å². The number of hydrogen-bond donors (Lipinski definition) is 0. The molecule has 0 amide bonds. The smallest absolute Gasteiger partial charge is 0.156 e. The molecule has 1 nitrogen and oxygen atoms in total. The lowest BCUT2D eigenvalue weighted by Crippen LogP contribution is -2.07. The number of carbonyl (C=O) groups excluding carboxylic acids is 1. The number of allylic oxidation sites excluding steroid dienone is 3. The zero-order valence-corrected chi connectivity index (χ0v) is 8.11. The molecule has 0 aliphatic heterocycles. The Kier molecular flexibility index (Phi) is 2.51. The van der Waals surface area contributed by atoms with Crippen molar-refractivity contribution in [2.75, 3.05) is 0 Å². The monoisotopic (exact) mass is 164 g/mol. The number of Topliss-reactive ketones (excluding diaryl/α,β-unsaturated/α-hetero) is 1. The molecular weight excluding hydrogens is 148 g/mol. The molecule has 1 atom stereocenters. The van der Waals surface area contributed by atoms with Gasteiger partial charge in [0, 0.05) is 11.5 Å². The first-order valence-corrected chi connectivity index (χ1v) is 4.40. The summed E-state index contributed by atoms with van der Waals surface area (Å²) < 4.78 is 0. The molecule has 1 aliphatic carbocycles. The molecule has 0 N–H and O–H groups in total. The molecule has 66 valence electrons. The van der Waals surface area contributed by atoms with Gasteiger partial charge in [0.15, 0.2) is 5.78 Å². The third kappa shape index (κ3) is 1.50. The van der Waals surface area contributed by atoms with Crippen LogP contribution in [0, 0.1) is 5.92 Å². The first-order chi connectivity index (χ1) is 5.54. The molecule has 0 spiro atoms. The van der Waals surface area contributed by atoms with Gasteiger partial charge in [-0.25, -0.2) is 0 Å². The Morgan fingerprint density at radius 3 is 2.42 bits per heavy atom. The van der Waals surface area contributed by atoms with Crippen molar-refractivity contribution in [3.63, 3.8) is 0 Å². The molecule has 0 bridgehead atoms. The van der Waals surface area contributed by atoms with Crippen molar-refractivity contribution in [1.82, 2.24) is 0 Å². The average Bonchev–Trinajstić information content (AvgIpc) is 2.30. The number of hydrogen-bond acceptors (Lipinski definition) is 1. The zero-order valence-electron chi connectivity index (χ0n) is 8.11. The fraction of sp³-hybridized carbons (Fsp3) is 0.545. The van der Waals surface area contributed by atoms with Gasteiger partial charge >= 0.3 is 0 Å². The topological polar surface area (TPSA) is 17.1 Å². The van der Waals surface area contributed by atoms with Gasteiger partial charge in [0.05, 0.1) is 0 Å². The number of rotatable bonds is 2. The Hall–Kier alpha value is -0.850. The van der Waals surface area contributed by atoms with Crippen LogP contribution in [-0.4, -0.2) is 5.78 Å². The van der Waals surface area contributed by atoms with Crippen LogP contribution in [0.1, 0.15) is 33.6 Å². The highest BCUT2D eigenvalue weighted by molar-refractivity contribution is 5.95. The summed E-state index contributed by atoms with van der Waals surface area (Å²) in [4.78, 5) is 11.3. The fourth-order valence-electron chi connectivity index (χ4n) is 1.98. The predicted molar refractivity (Wildman–Crippen MR) is 50.9 cm³/mol. The Labute approximate surface area is 74.2 Å². The summed E-state index contributed by atoms with van der Waals surface area (Å²) in [5.74, 6) is 0.556. The van der Waals surface area contributed by atoms with E-state index in [1.165, 1.54) is 5.57 Å². The van der Waals surface area contributed by atoms with Crippen LogP contribution in [-0.2, 0) is 4.79 Å². The van der Waals surface area contributed by atoms with Gasteiger partial charge in [0.1, 0.15) is 0 Å². The van der Waals surface area contributed by atoms with Crippen molar-refractivity contribution < 1.29 is 4.79 Å². The standard InChI is InChI=1S/C11H16O/c1-7(2)10-6-5-8(3)11(10)9(4)12/h10H,1,5-6H2,2-4H3/t10-/m0/s1. The van der Waals surface area contributed by atoms with Crippen LogP contribution in [0.15, 0.2) is 23.3 Å². The summed E-state index contributed by atoms with van der Waals surface area (Å²) in [6.07, 6.45) is 2.14. The van der Waals surface area contributed by atoms with Gasteiger partial charge < -0.3 is 0 Å². The Morgan fingerprint density at radius 1 is 1.50 bits per heavy atom. The highest BCUT2D eigenvalue weighted by atomic mass is 16.1. The normalized spacial score (nSPS) is 23.1. The molecule has 0 aromatic heterocycles. The van der Waals surface area contributed by atoms with E-state index in [0.29, 0.717) is 5.92 Å². The lowest BCUT2D eigenvalue weighted by molar-refractivity contribution is -0.114. The van der Waals surface area contributed by atoms with Gasteiger partial charge in [0.2, 0.25) is 0 Å². The van der Waals surface area contributed by atoms with Crippen LogP contribution >= 0.6 is 0 Å². The molecule has 1 aliphatic rings. The quantitative estimate of drug-likeness (QED) is 0.573. The molecular formula is C11H16O. The summed E-state index contributed by atoms with van der Waals surface area (Å²) >= 11 is 0. The highest BCUT2D eigenvalue weighted by Crippen LogP contribution is 2.36.